The van der Waals surface area contributed by atoms with Gasteiger partial charge in [0.2, 0.25) is 0 Å². The third-order valence-corrected chi connectivity index (χ3v) is 3.76. The first-order valence-electron chi connectivity index (χ1n) is 7.13. The van der Waals surface area contributed by atoms with Crippen LogP contribution in [0.15, 0.2) is 30.6 Å². The summed E-state index contributed by atoms with van der Waals surface area (Å²) in [7, 11) is 0. The highest BCUT2D eigenvalue weighted by Gasteiger charge is 2.14. The Morgan fingerprint density at radius 1 is 1.13 bits per heavy atom. The molecule has 3 aromatic rings. The van der Waals surface area contributed by atoms with E-state index in [1.54, 1.807) is 4.68 Å². The number of nitrogen functional groups attached to an aromatic ring is 1. The van der Waals surface area contributed by atoms with Crippen LogP contribution in [-0.2, 0) is 0 Å². The summed E-state index contributed by atoms with van der Waals surface area (Å²) in [6.45, 7) is 5.86. The second-order valence-electron chi connectivity index (χ2n) is 5.38. The number of aryl methyl sites for hydroxylation is 3. The zero-order chi connectivity index (χ0) is 16.6. The first kappa shape index (κ1) is 15.3. The van der Waals surface area contributed by atoms with Crippen molar-refractivity contribution < 1.29 is 0 Å². The van der Waals surface area contributed by atoms with Gasteiger partial charge in [-0.2, -0.15) is 5.10 Å². The molecule has 0 atom stereocenters. The van der Waals surface area contributed by atoms with E-state index in [0.717, 1.165) is 22.6 Å². The minimum absolute atomic E-state index is 0.429. The third kappa shape index (κ3) is 2.98. The van der Waals surface area contributed by atoms with Gasteiger partial charge in [-0.25, -0.2) is 14.6 Å². The van der Waals surface area contributed by atoms with Crippen molar-refractivity contribution >= 4 is 28.8 Å². The van der Waals surface area contributed by atoms with Gasteiger partial charge in [-0.3, -0.25) is 0 Å². The fourth-order valence-corrected chi connectivity index (χ4v) is 2.53. The average molecular weight is 329 g/mol. The molecule has 0 saturated heterocycles. The number of hydrogen-bond donors (Lipinski definition) is 2. The number of nitrogens with zero attached hydrogens (tertiary/aromatic N) is 4. The molecule has 2 aromatic heterocycles. The van der Waals surface area contributed by atoms with Gasteiger partial charge in [0.25, 0.3) is 0 Å². The van der Waals surface area contributed by atoms with E-state index >= 15 is 0 Å². The van der Waals surface area contributed by atoms with Gasteiger partial charge in [0.1, 0.15) is 12.0 Å². The Kier molecular flexibility index (Phi) is 3.92. The van der Waals surface area contributed by atoms with Crippen molar-refractivity contribution in [2.75, 3.05) is 11.1 Å². The fraction of sp³-hybridized carbons (Fsp3) is 0.188. The van der Waals surface area contributed by atoms with Crippen LogP contribution in [0.5, 0.6) is 0 Å². The fourth-order valence-electron chi connectivity index (χ4n) is 2.35. The van der Waals surface area contributed by atoms with E-state index in [2.05, 4.69) is 20.4 Å². The highest BCUT2D eigenvalue weighted by molar-refractivity contribution is 6.30. The van der Waals surface area contributed by atoms with Gasteiger partial charge < -0.3 is 11.1 Å². The molecule has 0 spiro atoms. The number of hydrogen-bond acceptors (Lipinski definition) is 5. The van der Waals surface area contributed by atoms with E-state index in [9.17, 15) is 0 Å². The predicted octanol–water partition coefficient (Wildman–Crippen LogP) is 3.57. The van der Waals surface area contributed by atoms with Crippen LogP contribution in [0, 0.1) is 20.8 Å². The molecule has 23 heavy (non-hydrogen) atoms. The maximum atomic E-state index is 6.25. The minimum Gasteiger partial charge on any atom is -0.393 e. The lowest BCUT2D eigenvalue weighted by Gasteiger charge is -2.13. The van der Waals surface area contributed by atoms with Crippen LogP contribution in [-0.4, -0.2) is 19.7 Å². The van der Waals surface area contributed by atoms with Crippen molar-refractivity contribution in [2.24, 2.45) is 0 Å². The van der Waals surface area contributed by atoms with Gasteiger partial charge in [-0.05, 0) is 44.5 Å². The molecule has 3 rings (SSSR count). The zero-order valence-electron chi connectivity index (χ0n) is 13.1. The molecule has 0 aliphatic heterocycles. The molecule has 0 aliphatic carbocycles. The molecular formula is C16H17ClN6. The Balaban J connectivity index is 2.03. The van der Waals surface area contributed by atoms with Crippen molar-refractivity contribution in [3.63, 3.8) is 0 Å². The molecule has 2 heterocycles. The normalized spacial score (nSPS) is 10.8. The summed E-state index contributed by atoms with van der Waals surface area (Å²) in [5, 5.41) is 8.28. The largest absolute Gasteiger partial charge is 0.393 e. The van der Waals surface area contributed by atoms with E-state index in [0.29, 0.717) is 22.3 Å². The molecule has 0 radical (unpaired) electrons. The minimum atomic E-state index is 0.429. The van der Waals surface area contributed by atoms with Gasteiger partial charge in [0, 0.05) is 16.4 Å². The number of halogens is 1. The zero-order valence-corrected chi connectivity index (χ0v) is 13.9. The molecule has 0 amide bonds. The Hall–Kier alpha value is -2.60. The average Bonchev–Trinajstić information content (AvgIpc) is 2.83. The summed E-state index contributed by atoms with van der Waals surface area (Å²) in [4.78, 5) is 8.50. The van der Waals surface area contributed by atoms with Crippen molar-refractivity contribution in [2.45, 2.75) is 20.8 Å². The summed E-state index contributed by atoms with van der Waals surface area (Å²) in [5.41, 5.74) is 10.4. The molecular weight excluding hydrogens is 312 g/mol. The Morgan fingerprint density at radius 2 is 1.91 bits per heavy atom. The van der Waals surface area contributed by atoms with Crippen LogP contribution >= 0.6 is 11.6 Å². The summed E-state index contributed by atoms with van der Waals surface area (Å²) < 4.78 is 1.71. The Bertz CT molecular complexity index is 871. The van der Waals surface area contributed by atoms with Gasteiger partial charge in [0.05, 0.1) is 5.69 Å². The first-order chi connectivity index (χ1) is 11.0. The molecule has 0 unspecified atom stereocenters. The van der Waals surface area contributed by atoms with Gasteiger partial charge >= 0.3 is 0 Å². The molecule has 118 valence electrons. The van der Waals surface area contributed by atoms with Gasteiger partial charge in [0.15, 0.2) is 11.6 Å². The summed E-state index contributed by atoms with van der Waals surface area (Å²) in [6, 6.07) is 7.58. The maximum absolute atomic E-state index is 6.25. The SMILES string of the molecule is Cc1cc(C)n(-c2ncnc(Nc3cc(Cl)ccc3C)c2N)n1. The van der Waals surface area contributed by atoms with Gasteiger partial charge in [-0.15, -0.1) is 0 Å². The predicted molar refractivity (Wildman–Crippen MR) is 92.5 cm³/mol. The van der Waals surface area contributed by atoms with Crippen LogP contribution in [0.4, 0.5) is 17.2 Å². The number of nitrogens with two attached hydrogens (primary N) is 1. The number of aromatic nitrogens is 4. The molecule has 7 heteroatoms. The van der Waals surface area contributed by atoms with E-state index in [-0.39, 0.29) is 0 Å². The van der Waals surface area contributed by atoms with Crippen molar-refractivity contribution in [3.8, 4) is 5.82 Å². The number of anilines is 3. The highest BCUT2D eigenvalue weighted by Crippen LogP contribution is 2.28. The van der Waals surface area contributed by atoms with Crippen LogP contribution in [0.25, 0.3) is 5.82 Å². The van der Waals surface area contributed by atoms with Crippen LogP contribution in [0.3, 0.4) is 0 Å². The lowest BCUT2D eigenvalue weighted by Crippen LogP contribution is -2.10. The van der Waals surface area contributed by atoms with Crippen molar-refractivity contribution in [1.82, 2.24) is 19.7 Å². The second kappa shape index (κ2) is 5.89. The van der Waals surface area contributed by atoms with Gasteiger partial charge in [-0.1, -0.05) is 17.7 Å². The lowest BCUT2D eigenvalue weighted by atomic mass is 10.2. The third-order valence-electron chi connectivity index (χ3n) is 3.53. The van der Waals surface area contributed by atoms with Crippen LogP contribution in [0.1, 0.15) is 17.0 Å². The molecule has 0 aliphatic rings. The number of rotatable bonds is 3. The number of benzene rings is 1. The highest BCUT2D eigenvalue weighted by atomic mass is 35.5. The van der Waals surface area contributed by atoms with Crippen LogP contribution < -0.4 is 11.1 Å². The maximum Gasteiger partial charge on any atom is 0.182 e. The molecule has 3 N–H and O–H groups in total. The Morgan fingerprint density at radius 3 is 2.61 bits per heavy atom. The van der Waals surface area contributed by atoms with E-state index in [1.807, 2.05) is 45.0 Å². The van der Waals surface area contributed by atoms with Crippen molar-refractivity contribution in [1.29, 1.82) is 0 Å². The quantitative estimate of drug-likeness (QED) is 0.768. The first-order valence-corrected chi connectivity index (χ1v) is 7.51. The van der Waals surface area contributed by atoms with E-state index in [1.165, 1.54) is 6.33 Å². The van der Waals surface area contributed by atoms with Crippen LogP contribution in [0.2, 0.25) is 5.02 Å². The topological polar surface area (TPSA) is 81.7 Å². The number of nitrogens with one attached hydrogen (secondary N) is 1. The second-order valence-corrected chi connectivity index (χ2v) is 5.82. The molecule has 0 bridgehead atoms. The molecule has 1 aromatic carbocycles. The summed E-state index contributed by atoms with van der Waals surface area (Å²) in [5.74, 6) is 1.07. The standard InChI is InChI=1S/C16H17ClN6/c1-9-4-5-12(17)7-13(9)21-15-14(18)16(20-8-19-15)23-11(3)6-10(2)22-23/h4-8H,18H2,1-3H3,(H,19,20,21). The summed E-state index contributed by atoms with van der Waals surface area (Å²) >= 11 is 6.06. The van der Waals surface area contributed by atoms with E-state index in [4.69, 9.17) is 17.3 Å². The lowest BCUT2D eigenvalue weighted by molar-refractivity contribution is 0.804. The Labute approximate surface area is 139 Å². The van der Waals surface area contributed by atoms with E-state index < -0.39 is 0 Å². The smallest absolute Gasteiger partial charge is 0.182 e. The summed E-state index contributed by atoms with van der Waals surface area (Å²) in [6.07, 6.45) is 1.46. The monoisotopic (exact) mass is 328 g/mol. The molecule has 0 saturated carbocycles. The molecule has 6 nitrogen and oxygen atoms in total. The van der Waals surface area contributed by atoms with Crippen molar-refractivity contribution in [3.05, 3.63) is 52.6 Å². The molecule has 0 fully saturated rings.